The Bertz CT molecular complexity index is 414. The predicted octanol–water partition coefficient (Wildman–Crippen LogP) is 4.28. The van der Waals surface area contributed by atoms with Crippen molar-refractivity contribution in [1.29, 1.82) is 0 Å². The van der Waals surface area contributed by atoms with Gasteiger partial charge < -0.3 is 0 Å². The second kappa shape index (κ2) is 4.58. The van der Waals surface area contributed by atoms with Gasteiger partial charge in [-0.2, -0.15) is 0 Å². The van der Waals surface area contributed by atoms with Crippen molar-refractivity contribution in [2.24, 2.45) is 10.9 Å². The van der Waals surface area contributed by atoms with Crippen molar-refractivity contribution >= 4 is 27.3 Å². The fraction of sp³-hybridized carbons (Fsp3) is 0.154. The number of hydrogen-bond acceptors (Lipinski definition) is 1. The van der Waals surface area contributed by atoms with Gasteiger partial charge in [-0.3, -0.25) is 4.99 Å². The Balaban J connectivity index is 2.18. The molecule has 0 bridgehead atoms. The van der Waals surface area contributed by atoms with Gasteiger partial charge in [0.05, 0.1) is 5.69 Å². The van der Waals surface area contributed by atoms with Crippen LogP contribution in [0.25, 0.3) is 0 Å². The minimum absolute atomic E-state index is 0.369. The van der Waals surface area contributed by atoms with Gasteiger partial charge in [-0.25, -0.2) is 0 Å². The molecule has 0 aliphatic heterocycles. The predicted molar refractivity (Wildman–Crippen MR) is 68.7 cm³/mol. The largest absolute Gasteiger partial charge is 0.257 e. The van der Waals surface area contributed by atoms with Crippen LogP contribution >= 0.6 is 15.9 Å². The van der Waals surface area contributed by atoms with Crippen molar-refractivity contribution in [3.8, 4) is 0 Å². The third-order valence-electron chi connectivity index (χ3n) is 2.36. The highest BCUT2D eigenvalue weighted by Crippen LogP contribution is 2.19. The van der Waals surface area contributed by atoms with Crippen LogP contribution in [0.5, 0.6) is 0 Å². The summed E-state index contributed by atoms with van der Waals surface area (Å²) in [4.78, 5) is 4.58. The van der Waals surface area contributed by atoms with Crippen LogP contribution in [0.3, 0.4) is 0 Å². The van der Waals surface area contributed by atoms with Crippen molar-refractivity contribution in [2.45, 2.75) is 6.92 Å². The van der Waals surface area contributed by atoms with E-state index in [1.165, 1.54) is 0 Å². The summed E-state index contributed by atoms with van der Waals surface area (Å²) in [6.07, 6.45) is 8.42. The first-order valence-corrected chi connectivity index (χ1v) is 5.71. The van der Waals surface area contributed by atoms with Crippen molar-refractivity contribution in [3.63, 3.8) is 0 Å². The molecular formula is C13H12BrN. The van der Waals surface area contributed by atoms with E-state index in [9.17, 15) is 0 Å². The van der Waals surface area contributed by atoms with Crippen LogP contribution in [0.1, 0.15) is 6.92 Å². The van der Waals surface area contributed by atoms with Gasteiger partial charge in [-0.15, -0.1) is 0 Å². The zero-order valence-electron chi connectivity index (χ0n) is 8.52. The summed E-state index contributed by atoms with van der Waals surface area (Å²) in [5.74, 6) is 0.369. The van der Waals surface area contributed by atoms with Crippen LogP contribution in [-0.4, -0.2) is 5.71 Å². The van der Waals surface area contributed by atoms with Crippen LogP contribution in [0.15, 0.2) is 58.0 Å². The molecule has 0 radical (unpaired) electrons. The molecule has 1 aliphatic carbocycles. The fourth-order valence-corrected chi connectivity index (χ4v) is 1.77. The number of halogens is 1. The molecule has 0 heterocycles. The molecule has 2 rings (SSSR count). The number of allylic oxidation sites excluding steroid dienone is 4. The van der Waals surface area contributed by atoms with Gasteiger partial charge in [0.25, 0.3) is 0 Å². The first kappa shape index (κ1) is 10.4. The highest BCUT2D eigenvalue weighted by atomic mass is 79.9. The van der Waals surface area contributed by atoms with Crippen molar-refractivity contribution in [3.05, 3.63) is 53.0 Å². The van der Waals surface area contributed by atoms with Crippen molar-refractivity contribution in [2.75, 3.05) is 0 Å². The molecule has 15 heavy (non-hydrogen) atoms. The Hall–Kier alpha value is -1.15. The van der Waals surface area contributed by atoms with Crippen molar-refractivity contribution < 1.29 is 0 Å². The van der Waals surface area contributed by atoms with Crippen LogP contribution in [0.2, 0.25) is 0 Å². The SMILES string of the molecule is CC(=Nc1ccc(Br)cc1)C1C=CC=C1. The minimum Gasteiger partial charge on any atom is -0.257 e. The van der Waals surface area contributed by atoms with Gasteiger partial charge in [0.2, 0.25) is 0 Å². The van der Waals surface area contributed by atoms with Gasteiger partial charge in [-0.05, 0) is 31.2 Å². The van der Waals surface area contributed by atoms with E-state index in [1.54, 1.807) is 0 Å². The highest BCUT2D eigenvalue weighted by molar-refractivity contribution is 9.10. The lowest BCUT2D eigenvalue weighted by molar-refractivity contribution is 1.14. The van der Waals surface area contributed by atoms with Gasteiger partial charge in [0, 0.05) is 16.1 Å². The Labute approximate surface area is 98.4 Å². The first-order chi connectivity index (χ1) is 7.25. The second-order valence-electron chi connectivity index (χ2n) is 3.53. The molecule has 1 nitrogen and oxygen atoms in total. The standard InChI is InChI=1S/C13H12BrN/c1-10(11-4-2-3-5-11)15-13-8-6-12(14)7-9-13/h2-9,11H,1H3. The molecule has 0 saturated carbocycles. The Morgan fingerprint density at radius 1 is 1.13 bits per heavy atom. The molecule has 0 aromatic heterocycles. The highest BCUT2D eigenvalue weighted by Gasteiger charge is 2.06. The van der Waals surface area contributed by atoms with E-state index in [0.29, 0.717) is 5.92 Å². The minimum atomic E-state index is 0.369. The quantitative estimate of drug-likeness (QED) is 0.705. The van der Waals surface area contributed by atoms with Crippen LogP contribution in [0.4, 0.5) is 5.69 Å². The van der Waals surface area contributed by atoms with E-state index in [0.717, 1.165) is 15.9 Å². The Kier molecular flexibility index (Phi) is 3.17. The molecule has 0 amide bonds. The molecule has 2 heteroatoms. The summed E-state index contributed by atoms with van der Waals surface area (Å²) in [6, 6.07) is 8.03. The van der Waals surface area contributed by atoms with Gasteiger partial charge in [-0.1, -0.05) is 40.2 Å². The molecule has 0 atom stereocenters. The molecule has 0 N–H and O–H groups in total. The van der Waals surface area contributed by atoms with E-state index >= 15 is 0 Å². The number of nitrogens with zero attached hydrogens (tertiary/aromatic N) is 1. The number of aliphatic imine (C=N–C) groups is 1. The van der Waals surface area contributed by atoms with Crippen LogP contribution < -0.4 is 0 Å². The Morgan fingerprint density at radius 3 is 2.33 bits per heavy atom. The smallest absolute Gasteiger partial charge is 0.0630 e. The zero-order valence-corrected chi connectivity index (χ0v) is 10.1. The summed E-state index contributed by atoms with van der Waals surface area (Å²) < 4.78 is 1.08. The monoisotopic (exact) mass is 261 g/mol. The Morgan fingerprint density at radius 2 is 1.73 bits per heavy atom. The maximum Gasteiger partial charge on any atom is 0.0630 e. The second-order valence-corrected chi connectivity index (χ2v) is 4.44. The van der Waals surface area contributed by atoms with E-state index in [4.69, 9.17) is 0 Å². The summed E-state index contributed by atoms with van der Waals surface area (Å²) in [7, 11) is 0. The third kappa shape index (κ3) is 2.66. The molecule has 1 aromatic rings. The summed E-state index contributed by atoms with van der Waals surface area (Å²) >= 11 is 3.41. The number of benzene rings is 1. The van der Waals surface area contributed by atoms with Gasteiger partial charge >= 0.3 is 0 Å². The maximum absolute atomic E-state index is 4.58. The van der Waals surface area contributed by atoms with Crippen LogP contribution in [-0.2, 0) is 0 Å². The molecule has 0 unspecified atom stereocenters. The lowest BCUT2D eigenvalue weighted by atomic mass is 10.1. The molecule has 1 aliphatic rings. The lowest BCUT2D eigenvalue weighted by Crippen LogP contribution is -2.02. The molecule has 76 valence electrons. The summed E-state index contributed by atoms with van der Waals surface area (Å²) in [5.41, 5.74) is 2.13. The number of rotatable bonds is 2. The van der Waals surface area contributed by atoms with Crippen LogP contribution in [0, 0.1) is 5.92 Å². The number of hydrogen-bond donors (Lipinski definition) is 0. The van der Waals surface area contributed by atoms with E-state index in [2.05, 4.69) is 52.2 Å². The fourth-order valence-electron chi connectivity index (χ4n) is 1.50. The van der Waals surface area contributed by atoms with Gasteiger partial charge in [0.1, 0.15) is 0 Å². The zero-order chi connectivity index (χ0) is 10.7. The maximum atomic E-state index is 4.58. The first-order valence-electron chi connectivity index (χ1n) is 4.91. The summed E-state index contributed by atoms with van der Waals surface area (Å²) in [6.45, 7) is 2.06. The topological polar surface area (TPSA) is 12.4 Å². The molecule has 1 aromatic carbocycles. The molecule has 0 spiro atoms. The molecular weight excluding hydrogens is 250 g/mol. The van der Waals surface area contributed by atoms with E-state index in [1.807, 2.05) is 24.3 Å². The normalized spacial score (nSPS) is 16.3. The average Bonchev–Trinajstić information content (AvgIpc) is 2.74. The third-order valence-corrected chi connectivity index (χ3v) is 2.89. The lowest BCUT2D eigenvalue weighted by Gasteiger charge is -2.04. The van der Waals surface area contributed by atoms with E-state index in [-0.39, 0.29) is 0 Å². The average molecular weight is 262 g/mol. The molecule has 0 fully saturated rings. The summed E-state index contributed by atoms with van der Waals surface area (Å²) in [5, 5.41) is 0. The molecule has 0 saturated heterocycles. The van der Waals surface area contributed by atoms with Gasteiger partial charge in [0.15, 0.2) is 0 Å². The van der Waals surface area contributed by atoms with Crippen molar-refractivity contribution in [1.82, 2.24) is 0 Å². The van der Waals surface area contributed by atoms with E-state index < -0.39 is 0 Å².